The molecule has 0 saturated carbocycles. The van der Waals surface area contributed by atoms with Crippen molar-refractivity contribution in [2.24, 2.45) is 0 Å². The van der Waals surface area contributed by atoms with E-state index in [1.54, 1.807) is 6.92 Å². The van der Waals surface area contributed by atoms with Gasteiger partial charge in [-0.15, -0.1) is 0 Å². The average Bonchev–Trinajstić information content (AvgIpc) is 2.51. The summed E-state index contributed by atoms with van der Waals surface area (Å²) in [5.74, 6) is -0.948. The molecule has 6 nitrogen and oxygen atoms in total. The number of allylic oxidation sites excluding steroid dienone is 1. The van der Waals surface area contributed by atoms with Crippen LogP contribution in [0.15, 0.2) is 35.5 Å². The van der Waals surface area contributed by atoms with E-state index in [1.165, 1.54) is 24.3 Å². The molecule has 1 aromatic carbocycles. The molecule has 1 atom stereocenters. The SMILES string of the molecule is CC1=C(C(=O)OCCOC(C)C)[C@H](c2ccc(F)cc2)NC(=O)N1. The first-order valence-corrected chi connectivity index (χ1v) is 7.71. The molecule has 7 heteroatoms. The van der Waals surface area contributed by atoms with Crippen LogP contribution in [-0.2, 0) is 14.3 Å². The van der Waals surface area contributed by atoms with Gasteiger partial charge in [-0.25, -0.2) is 14.0 Å². The third-order valence-electron chi connectivity index (χ3n) is 3.46. The summed E-state index contributed by atoms with van der Waals surface area (Å²) >= 11 is 0. The monoisotopic (exact) mass is 336 g/mol. The quantitative estimate of drug-likeness (QED) is 0.618. The van der Waals surface area contributed by atoms with Crippen LogP contribution in [0.4, 0.5) is 9.18 Å². The number of benzene rings is 1. The Morgan fingerprint density at radius 2 is 1.92 bits per heavy atom. The van der Waals surface area contributed by atoms with Crippen molar-refractivity contribution in [1.29, 1.82) is 0 Å². The summed E-state index contributed by atoms with van der Waals surface area (Å²) in [5.41, 5.74) is 1.28. The van der Waals surface area contributed by atoms with Crippen LogP contribution < -0.4 is 10.6 Å². The molecule has 0 radical (unpaired) electrons. The van der Waals surface area contributed by atoms with E-state index in [2.05, 4.69) is 10.6 Å². The van der Waals surface area contributed by atoms with Crippen molar-refractivity contribution < 1.29 is 23.5 Å². The highest BCUT2D eigenvalue weighted by atomic mass is 19.1. The fourth-order valence-electron chi connectivity index (χ4n) is 2.37. The molecule has 130 valence electrons. The van der Waals surface area contributed by atoms with Crippen LogP contribution in [0.1, 0.15) is 32.4 Å². The number of hydrogen-bond acceptors (Lipinski definition) is 4. The Labute approximate surface area is 140 Å². The number of ether oxygens (including phenoxy) is 2. The number of rotatable bonds is 6. The molecule has 1 aromatic rings. The number of carbonyl (C=O) groups excluding carboxylic acids is 2. The van der Waals surface area contributed by atoms with Crippen LogP contribution in [0, 0.1) is 5.82 Å². The number of urea groups is 1. The molecule has 1 heterocycles. The van der Waals surface area contributed by atoms with Crippen molar-refractivity contribution in [1.82, 2.24) is 10.6 Å². The normalized spacial score (nSPS) is 17.5. The molecule has 1 aliphatic heterocycles. The van der Waals surface area contributed by atoms with Gasteiger partial charge in [0.25, 0.3) is 0 Å². The van der Waals surface area contributed by atoms with Crippen molar-refractivity contribution in [3.63, 3.8) is 0 Å². The van der Waals surface area contributed by atoms with Crippen molar-refractivity contribution in [2.75, 3.05) is 13.2 Å². The van der Waals surface area contributed by atoms with E-state index in [4.69, 9.17) is 9.47 Å². The molecule has 0 spiro atoms. The molecule has 1 aliphatic rings. The number of esters is 1. The highest BCUT2D eigenvalue weighted by Gasteiger charge is 2.32. The Kier molecular flexibility index (Phi) is 5.92. The second kappa shape index (κ2) is 7.92. The second-order valence-electron chi connectivity index (χ2n) is 5.68. The summed E-state index contributed by atoms with van der Waals surface area (Å²) in [5, 5.41) is 5.21. The zero-order valence-electron chi connectivity index (χ0n) is 13.9. The zero-order valence-corrected chi connectivity index (χ0v) is 13.9. The highest BCUT2D eigenvalue weighted by Crippen LogP contribution is 2.27. The Balaban J connectivity index is 2.16. The van der Waals surface area contributed by atoms with Crippen molar-refractivity contribution >= 4 is 12.0 Å². The van der Waals surface area contributed by atoms with E-state index in [0.29, 0.717) is 11.3 Å². The summed E-state index contributed by atoms with van der Waals surface area (Å²) in [6, 6.07) is 4.47. The number of nitrogens with one attached hydrogen (secondary N) is 2. The van der Waals surface area contributed by atoms with Gasteiger partial charge in [0.05, 0.1) is 24.3 Å². The van der Waals surface area contributed by atoms with Crippen LogP contribution in [0.2, 0.25) is 0 Å². The summed E-state index contributed by atoms with van der Waals surface area (Å²) in [6.45, 7) is 5.80. The maximum atomic E-state index is 13.1. The predicted molar refractivity (Wildman–Crippen MR) is 85.6 cm³/mol. The fourth-order valence-corrected chi connectivity index (χ4v) is 2.37. The number of halogens is 1. The third-order valence-corrected chi connectivity index (χ3v) is 3.46. The van der Waals surface area contributed by atoms with E-state index in [-0.39, 0.29) is 24.9 Å². The maximum Gasteiger partial charge on any atom is 0.338 e. The minimum absolute atomic E-state index is 0.0484. The van der Waals surface area contributed by atoms with Gasteiger partial charge in [0, 0.05) is 5.70 Å². The molecule has 0 unspecified atom stereocenters. The maximum absolute atomic E-state index is 13.1. The van der Waals surface area contributed by atoms with Crippen molar-refractivity contribution in [3.05, 3.63) is 46.9 Å². The molecule has 0 saturated heterocycles. The Bertz CT molecular complexity index is 640. The topological polar surface area (TPSA) is 76.7 Å². The molecule has 24 heavy (non-hydrogen) atoms. The van der Waals surface area contributed by atoms with Gasteiger partial charge in [-0.05, 0) is 38.5 Å². The smallest absolute Gasteiger partial charge is 0.338 e. The zero-order chi connectivity index (χ0) is 17.7. The standard InChI is InChI=1S/C17H21FN2O4/c1-10(2)23-8-9-24-16(21)14-11(3)19-17(22)20-15(14)12-4-6-13(18)7-5-12/h4-7,10,15H,8-9H2,1-3H3,(H2,19,20,22)/t15-/m0/s1. The van der Waals surface area contributed by atoms with Crippen molar-refractivity contribution in [3.8, 4) is 0 Å². The fraction of sp³-hybridized carbons (Fsp3) is 0.412. The molecule has 2 rings (SSSR count). The van der Waals surface area contributed by atoms with Crippen LogP contribution in [0.3, 0.4) is 0 Å². The number of amides is 2. The third kappa shape index (κ3) is 4.55. The minimum Gasteiger partial charge on any atom is -0.460 e. The van der Waals surface area contributed by atoms with E-state index in [1.807, 2.05) is 13.8 Å². The Morgan fingerprint density at radius 3 is 2.54 bits per heavy atom. The van der Waals surface area contributed by atoms with Gasteiger partial charge in [0.15, 0.2) is 0 Å². The van der Waals surface area contributed by atoms with Gasteiger partial charge in [-0.1, -0.05) is 12.1 Å². The van der Waals surface area contributed by atoms with Crippen LogP contribution >= 0.6 is 0 Å². The predicted octanol–water partition coefficient (Wildman–Crippen LogP) is 2.42. The van der Waals surface area contributed by atoms with Gasteiger partial charge >= 0.3 is 12.0 Å². The lowest BCUT2D eigenvalue weighted by atomic mass is 9.95. The lowest BCUT2D eigenvalue weighted by Gasteiger charge is -2.28. The van der Waals surface area contributed by atoms with Crippen LogP contribution in [0.5, 0.6) is 0 Å². The Morgan fingerprint density at radius 1 is 1.25 bits per heavy atom. The lowest BCUT2D eigenvalue weighted by molar-refractivity contribution is -0.141. The number of carbonyl (C=O) groups is 2. The van der Waals surface area contributed by atoms with Gasteiger partial charge in [-0.2, -0.15) is 0 Å². The molecule has 2 N–H and O–H groups in total. The van der Waals surface area contributed by atoms with E-state index < -0.39 is 23.9 Å². The first kappa shape index (κ1) is 17.9. The minimum atomic E-state index is -0.696. The average molecular weight is 336 g/mol. The summed E-state index contributed by atoms with van der Waals surface area (Å²) < 4.78 is 23.7. The Hall–Kier alpha value is -2.41. The molecule has 0 aromatic heterocycles. The van der Waals surface area contributed by atoms with Gasteiger partial charge in [0.1, 0.15) is 12.4 Å². The second-order valence-corrected chi connectivity index (χ2v) is 5.68. The van der Waals surface area contributed by atoms with E-state index in [9.17, 15) is 14.0 Å². The summed E-state index contributed by atoms with van der Waals surface area (Å²) in [4.78, 5) is 24.1. The lowest BCUT2D eigenvalue weighted by Crippen LogP contribution is -2.45. The van der Waals surface area contributed by atoms with Crippen LogP contribution in [0.25, 0.3) is 0 Å². The molecular formula is C17H21FN2O4. The van der Waals surface area contributed by atoms with Gasteiger partial charge in [0.2, 0.25) is 0 Å². The van der Waals surface area contributed by atoms with E-state index >= 15 is 0 Å². The molecule has 0 fully saturated rings. The van der Waals surface area contributed by atoms with Gasteiger partial charge < -0.3 is 20.1 Å². The largest absolute Gasteiger partial charge is 0.460 e. The highest BCUT2D eigenvalue weighted by molar-refractivity contribution is 5.95. The van der Waals surface area contributed by atoms with E-state index in [0.717, 1.165) is 0 Å². The summed E-state index contributed by atoms with van der Waals surface area (Å²) in [7, 11) is 0. The van der Waals surface area contributed by atoms with Gasteiger partial charge in [-0.3, -0.25) is 0 Å². The van der Waals surface area contributed by atoms with Crippen molar-refractivity contribution in [2.45, 2.75) is 32.9 Å². The first-order valence-electron chi connectivity index (χ1n) is 7.71. The molecular weight excluding hydrogens is 315 g/mol. The first-order chi connectivity index (χ1) is 11.4. The molecule has 2 amide bonds. The molecule has 0 bridgehead atoms. The van der Waals surface area contributed by atoms with Crippen LogP contribution in [-0.4, -0.2) is 31.3 Å². The molecule has 0 aliphatic carbocycles. The summed E-state index contributed by atoms with van der Waals surface area (Å²) in [6.07, 6.45) is 0.0484. The number of hydrogen-bond donors (Lipinski definition) is 2.